The van der Waals surface area contributed by atoms with Gasteiger partial charge in [-0.2, -0.15) is 5.10 Å². The van der Waals surface area contributed by atoms with Gasteiger partial charge in [-0.1, -0.05) is 0 Å². The molecule has 0 saturated carbocycles. The molecule has 1 aromatic carbocycles. The summed E-state index contributed by atoms with van der Waals surface area (Å²) in [5.41, 5.74) is 2.49. The van der Waals surface area contributed by atoms with Crippen LogP contribution in [-0.4, -0.2) is 78.7 Å². The number of anilines is 2. The Kier molecular flexibility index (Phi) is 9.09. The lowest BCUT2D eigenvalue weighted by molar-refractivity contribution is -0.118. The molecule has 0 radical (unpaired) electrons. The van der Waals surface area contributed by atoms with Gasteiger partial charge in [0, 0.05) is 69.2 Å². The molecule has 0 bridgehead atoms. The van der Waals surface area contributed by atoms with Crippen LogP contribution in [0.4, 0.5) is 16.3 Å². The molecule has 3 N–H and O–H groups in total. The maximum Gasteiger partial charge on any atom is 0.319 e. The van der Waals surface area contributed by atoms with Gasteiger partial charge >= 0.3 is 6.03 Å². The standard InChI is InChI=1S/C25H32N8O5S/c1-18(34)26-7-12-39(36,37)17-22-13-23(33-8-10-38-11-9-33)31-24(29-22)20-3-5-21(6-4-20)30-25(35)27-14-19-15-28-32(2)16-19/h3-6,13,15-16H,7-12,14,17H2,1-2H3,(H,26,34)(H2,27,30,35). The minimum atomic E-state index is -3.53. The van der Waals surface area contributed by atoms with Crippen molar-refractivity contribution in [3.63, 3.8) is 0 Å². The van der Waals surface area contributed by atoms with Crippen molar-refractivity contribution in [1.29, 1.82) is 0 Å². The van der Waals surface area contributed by atoms with Gasteiger partial charge in [0.05, 0.1) is 36.6 Å². The molecular formula is C25H32N8O5S. The molecule has 1 saturated heterocycles. The number of ether oxygens (including phenoxy) is 1. The first-order chi connectivity index (χ1) is 18.7. The van der Waals surface area contributed by atoms with Gasteiger partial charge in [0.25, 0.3) is 0 Å². The third-order valence-electron chi connectivity index (χ3n) is 5.87. The fraction of sp³-hybridized carbons (Fsp3) is 0.400. The van der Waals surface area contributed by atoms with Gasteiger partial charge < -0.3 is 25.6 Å². The second-order valence-electron chi connectivity index (χ2n) is 9.12. The number of nitrogens with one attached hydrogen (secondary N) is 3. The molecule has 3 aromatic rings. The number of nitrogens with zero attached hydrogens (tertiary/aromatic N) is 5. The minimum absolute atomic E-state index is 0.0379. The van der Waals surface area contributed by atoms with Crippen molar-refractivity contribution >= 4 is 33.3 Å². The molecule has 2 aromatic heterocycles. The molecule has 1 aliphatic rings. The lowest BCUT2D eigenvalue weighted by Crippen LogP contribution is -2.37. The van der Waals surface area contributed by atoms with Gasteiger partial charge in [0.2, 0.25) is 5.91 Å². The Labute approximate surface area is 226 Å². The van der Waals surface area contributed by atoms with E-state index in [4.69, 9.17) is 9.72 Å². The van der Waals surface area contributed by atoms with E-state index in [1.54, 1.807) is 41.2 Å². The number of aromatic nitrogens is 4. The zero-order valence-corrected chi connectivity index (χ0v) is 22.7. The fourth-order valence-corrected chi connectivity index (χ4v) is 5.10. The Morgan fingerprint density at radius 2 is 1.82 bits per heavy atom. The highest BCUT2D eigenvalue weighted by molar-refractivity contribution is 7.90. The fourth-order valence-electron chi connectivity index (χ4n) is 3.94. The third-order valence-corrected chi connectivity index (χ3v) is 7.43. The molecule has 39 heavy (non-hydrogen) atoms. The lowest BCUT2D eigenvalue weighted by atomic mass is 10.2. The molecule has 208 valence electrons. The van der Waals surface area contributed by atoms with Crippen molar-refractivity contribution in [3.05, 3.63) is 54.0 Å². The maximum atomic E-state index is 12.7. The number of hydrogen-bond acceptors (Lipinski definition) is 9. The normalized spacial score (nSPS) is 13.6. The summed E-state index contributed by atoms with van der Waals surface area (Å²) < 4.78 is 32.5. The third kappa shape index (κ3) is 8.48. The highest BCUT2D eigenvalue weighted by Gasteiger charge is 2.19. The zero-order valence-electron chi connectivity index (χ0n) is 21.9. The summed E-state index contributed by atoms with van der Waals surface area (Å²) in [5.74, 6) is 0.233. The summed E-state index contributed by atoms with van der Waals surface area (Å²) in [6.45, 7) is 4.07. The van der Waals surface area contributed by atoms with Crippen LogP contribution in [0.2, 0.25) is 0 Å². The van der Waals surface area contributed by atoms with Crippen LogP contribution in [0.15, 0.2) is 42.7 Å². The zero-order chi connectivity index (χ0) is 27.8. The summed E-state index contributed by atoms with van der Waals surface area (Å²) in [4.78, 5) is 34.7. The van der Waals surface area contributed by atoms with Gasteiger partial charge in [-0.15, -0.1) is 0 Å². The van der Waals surface area contributed by atoms with Gasteiger partial charge in [0.15, 0.2) is 15.7 Å². The summed E-state index contributed by atoms with van der Waals surface area (Å²) in [6, 6.07) is 8.33. The predicted molar refractivity (Wildman–Crippen MR) is 146 cm³/mol. The van der Waals surface area contributed by atoms with Crippen molar-refractivity contribution in [2.24, 2.45) is 7.05 Å². The second-order valence-corrected chi connectivity index (χ2v) is 11.3. The highest BCUT2D eigenvalue weighted by Crippen LogP contribution is 2.24. The monoisotopic (exact) mass is 556 g/mol. The topological polar surface area (TPSA) is 160 Å². The van der Waals surface area contributed by atoms with Crippen LogP contribution in [0.25, 0.3) is 11.4 Å². The number of hydrogen-bond donors (Lipinski definition) is 3. The van der Waals surface area contributed by atoms with Crippen molar-refractivity contribution in [1.82, 2.24) is 30.4 Å². The summed E-state index contributed by atoms with van der Waals surface area (Å²) in [6.07, 6.45) is 3.51. The van der Waals surface area contributed by atoms with E-state index in [2.05, 4.69) is 26.0 Å². The van der Waals surface area contributed by atoms with E-state index in [1.807, 2.05) is 18.1 Å². The predicted octanol–water partition coefficient (Wildman–Crippen LogP) is 1.09. The first-order valence-corrected chi connectivity index (χ1v) is 14.3. The number of carbonyl (C=O) groups excluding carboxylic acids is 2. The lowest BCUT2D eigenvalue weighted by Gasteiger charge is -2.28. The number of benzene rings is 1. The van der Waals surface area contributed by atoms with E-state index in [0.717, 1.165) is 5.56 Å². The first-order valence-electron chi connectivity index (χ1n) is 12.5. The summed E-state index contributed by atoms with van der Waals surface area (Å²) in [5, 5.41) is 12.1. The van der Waals surface area contributed by atoms with E-state index in [0.29, 0.717) is 61.4 Å². The smallest absolute Gasteiger partial charge is 0.319 e. The van der Waals surface area contributed by atoms with Crippen LogP contribution in [0.5, 0.6) is 0 Å². The van der Waals surface area contributed by atoms with E-state index in [-0.39, 0.29) is 30.0 Å². The molecule has 3 amide bonds. The average Bonchev–Trinajstić information content (AvgIpc) is 3.32. The SMILES string of the molecule is CC(=O)NCCS(=O)(=O)Cc1cc(N2CCOCC2)nc(-c2ccc(NC(=O)NCc3cnn(C)c3)cc2)n1. The Balaban J connectivity index is 1.48. The van der Waals surface area contributed by atoms with E-state index >= 15 is 0 Å². The molecule has 14 heteroatoms. The van der Waals surface area contributed by atoms with Crippen LogP contribution >= 0.6 is 0 Å². The molecular weight excluding hydrogens is 524 g/mol. The second kappa shape index (κ2) is 12.7. The number of carbonyl (C=O) groups is 2. The van der Waals surface area contributed by atoms with Crippen LogP contribution in [0, 0.1) is 0 Å². The van der Waals surface area contributed by atoms with Crippen LogP contribution in [-0.2, 0) is 38.7 Å². The Morgan fingerprint density at radius 3 is 2.49 bits per heavy atom. The van der Waals surface area contributed by atoms with E-state index < -0.39 is 9.84 Å². The highest BCUT2D eigenvalue weighted by atomic mass is 32.2. The van der Waals surface area contributed by atoms with Crippen LogP contribution in [0.3, 0.4) is 0 Å². The summed E-state index contributed by atoms with van der Waals surface area (Å²) in [7, 11) is -1.72. The van der Waals surface area contributed by atoms with Gasteiger partial charge in [-0.25, -0.2) is 23.2 Å². The summed E-state index contributed by atoms with van der Waals surface area (Å²) >= 11 is 0. The largest absolute Gasteiger partial charge is 0.378 e. The molecule has 0 spiro atoms. The molecule has 4 rings (SSSR count). The quantitative estimate of drug-likeness (QED) is 0.332. The number of morpholine rings is 1. The number of aryl methyl sites for hydroxylation is 1. The van der Waals surface area contributed by atoms with E-state index in [9.17, 15) is 18.0 Å². The average molecular weight is 557 g/mol. The van der Waals surface area contributed by atoms with Crippen molar-refractivity contribution in [2.45, 2.75) is 19.2 Å². The molecule has 0 atom stereocenters. The van der Waals surface area contributed by atoms with Crippen molar-refractivity contribution in [3.8, 4) is 11.4 Å². The van der Waals surface area contributed by atoms with Gasteiger partial charge in [0.1, 0.15) is 5.82 Å². The minimum Gasteiger partial charge on any atom is -0.378 e. The maximum absolute atomic E-state index is 12.7. The van der Waals surface area contributed by atoms with Gasteiger partial charge in [-0.3, -0.25) is 9.48 Å². The van der Waals surface area contributed by atoms with Crippen LogP contribution in [0.1, 0.15) is 18.2 Å². The first kappa shape index (κ1) is 28.0. The molecule has 13 nitrogen and oxygen atoms in total. The number of sulfone groups is 1. The van der Waals surface area contributed by atoms with Crippen molar-refractivity contribution < 1.29 is 22.7 Å². The number of amides is 3. The molecule has 0 unspecified atom stereocenters. The van der Waals surface area contributed by atoms with Gasteiger partial charge in [-0.05, 0) is 24.3 Å². The molecule has 1 fully saturated rings. The molecule has 0 aliphatic carbocycles. The Bertz CT molecular complexity index is 1400. The number of rotatable bonds is 10. The molecule has 1 aliphatic heterocycles. The Morgan fingerprint density at radius 1 is 1.08 bits per heavy atom. The Hall–Kier alpha value is -4.04. The van der Waals surface area contributed by atoms with Crippen LogP contribution < -0.4 is 20.9 Å². The molecule has 3 heterocycles. The van der Waals surface area contributed by atoms with Crippen molar-refractivity contribution in [2.75, 3.05) is 48.8 Å². The number of urea groups is 1. The van der Waals surface area contributed by atoms with E-state index in [1.165, 1.54) is 6.92 Å².